The molecule has 1 aliphatic heterocycles. The van der Waals surface area contributed by atoms with Gasteiger partial charge in [-0.2, -0.15) is 0 Å². The minimum absolute atomic E-state index is 0.0759. The largest absolute Gasteiger partial charge is 0.468 e. The third kappa shape index (κ3) is 2.70. The summed E-state index contributed by atoms with van der Waals surface area (Å²) in [7, 11) is 2.17. The second-order valence-corrected chi connectivity index (χ2v) is 5.17. The molecule has 1 saturated heterocycles. The highest BCUT2D eigenvalue weighted by molar-refractivity contribution is 5.08. The second kappa shape index (κ2) is 5.21. The van der Waals surface area contributed by atoms with Crippen LogP contribution in [0.4, 0.5) is 0 Å². The van der Waals surface area contributed by atoms with E-state index in [2.05, 4.69) is 30.7 Å². The topological polar surface area (TPSA) is 45.6 Å². The molecule has 3 unspecified atom stereocenters. The summed E-state index contributed by atoms with van der Waals surface area (Å²) in [6.07, 6.45) is 1.73. The van der Waals surface area contributed by atoms with Crippen LogP contribution in [0.1, 0.15) is 25.6 Å². The van der Waals surface area contributed by atoms with E-state index in [9.17, 15) is 0 Å². The molecule has 0 aliphatic carbocycles. The maximum absolute atomic E-state index is 6.14. The van der Waals surface area contributed by atoms with Gasteiger partial charge in [-0.1, -0.05) is 0 Å². The third-order valence-electron chi connectivity index (χ3n) is 3.57. The Morgan fingerprint density at radius 2 is 2.24 bits per heavy atom. The van der Waals surface area contributed by atoms with Crippen molar-refractivity contribution in [3.8, 4) is 0 Å². The molecule has 0 bridgehead atoms. The molecule has 4 nitrogen and oxygen atoms in total. The van der Waals surface area contributed by atoms with Gasteiger partial charge in [-0.3, -0.25) is 4.90 Å². The molecule has 0 spiro atoms. The number of hydrogen-bond acceptors (Lipinski definition) is 4. The van der Waals surface area contributed by atoms with Crippen LogP contribution in [-0.4, -0.2) is 48.6 Å². The summed E-state index contributed by atoms with van der Waals surface area (Å²) in [5, 5.41) is 0. The van der Waals surface area contributed by atoms with Crippen LogP contribution < -0.4 is 5.73 Å². The molecule has 96 valence electrons. The lowest BCUT2D eigenvalue weighted by atomic mass is 10.0. The van der Waals surface area contributed by atoms with Crippen LogP contribution in [0.5, 0.6) is 0 Å². The van der Waals surface area contributed by atoms with Crippen molar-refractivity contribution < 1.29 is 4.42 Å². The van der Waals surface area contributed by atoms with Crippen LogP contribution in [0.2, 0.25) is 0 Å². The van der Waals surface area contributed by atoms with E-state index in [1.165, 1.54) is 0 Å². The Labute approximate surface area is 103 Å². The molecular weight excluding hydrogens is 214 g/mol. The summed E-state index contributed by atoms with van der Waals surface area (Å²) in [6.45, 7) is 7.54. The first kappa shape index (κ1) is 12.6. The van der Waals surface area contributed by atoms with E-state index in [-0.39, 0.29) is 12.1 Å². The highest BCUT2D eigenvalue weighted by Crippen LogP contribution is 2.27. The molecule has 1 aromatic rings. The maximum Gasteiger partial charge on any atom is 0.122 e. The van der Waals surface area contributed by atoms with Crippen molar-refractivity contribution in [2.45, 2.75) is 32.0 Å². The molecular formula is C13H23N3O. The first-order chi connectivity index (χ1) is 8.09. The Kier molecular flexibility index (Phi) is 3.86. The molecule has 0 amide bonds. The van der Waals surface area contributed by atoms with Gasteiger partial charge in [-0.05, 0) is 33.0 Å². The molecule has 0 radical (unpaired) electrons. The van der Waals surface area contributed by atoms with Crippen LogP contribution in [0, 0.1) is 0 Å². The fraction of sp³-hybridized carbons (Fsp3) is 0.692. The minimum atomic E-state index is 0.0759. The Morgan fingerprint density at radius 3 is 2.76 bits per heavy atom. The van der Waals surface area contributed by atoms with Crippen molar-refractivity contribution in [2.75, 3.05) is 26.7 Å². The molecule has 3 atom stereocenters. The Balaban J connectivity index is 2.17. The van der Waals surface area contributed by atoms with E-state index in [1.54, 1.807) is 6.26 Å². The number of nitrogens with two attached hydrogens (primary N) is 1. The van der Waals surface area contributed by atoms with Gasteiger partial charge in [0.05, 0.1) is 12.3 Å². The quantitative estimate of drug-likeness (QED) is 0.861. The molecule has 1 aromatic heterocycles. The first-order valence-corrected chi connectivity index (χ1v) is 6.33. The molecule has 17 heavy (non-hydrogen) atoms. The molecule has 1 fully saturated rings. The number of nitrogens with zero attached hydrogens (tertiary/aromatic N) is 2. The van der Waals surface area contributed by atoms with E-state index in [1.807, 2.05) is 12.1 Å². The van der Waals surface area contributed by atoms with Gasteiger partial charge < -0.3 is 15.1 Å². The fourth-order valence-electron chi connectivity index (χ4n) is 2.75. The average molecular weight is 237 g/mol. The van der Waals surface area contributed by atoms with Crippen LogP contribution >= 0.6 is 0 Å². The lowest BCUT2D eigenvalue weighted by Gasteiger charge is -2.43. The fourth-order valence-corrected chi connectivity index (χ4v) is 2.75. The smallest absolute Gasteiger partial charge is 0.122 e. The Bertz CT molecular complexity index is 336. The van der Waals surface area contributed by atoms with Crippen LogP contribution in [0.25, 0.3) is 0 Å². The summed E-state index contributed by atoms with van der Waals surface area (Å²) < 4.78 is 5.55. The zero-order chi connectivity index (χ0) is 12.4. The molecule has 0 saturated carbocycles. The van der Waals surface area contributed by atoms with Crippen molar-refractivity contribution in [2.24, 2.45) is 5.73 Å². The maximum atomic E-state index is 6.14. The third-order valence-corrected chi connectivity index (χ3v) is 3.57. The summed E-state index contributed by atoms with van der Waals surface area (Å²) in [6, 6.07) is 4.74. The summed E-state index contributed by atoms with van der Waals surface area (Å²) in [5.41, 5.74) is 6.14. The predicted octanol–water partition coefficient (Wildman–Crippen LogP) is 1.30. The van der Waals surface area contributed by atoms with Gasteiger partial charge in [-0.25, -0.2) is 0 Å². The number of rotatable bonds is 3. The standard InChI is InChI=1S/C13H23N3O/c1-10-9-15(3)6-7-16(10)13(11(2)14)12-5-4-8-17-12/h4-5,8,10-11,13H,6-7,9,14H2,1-3H3. The highest BCUT2D eigenvalue weighted by atomic mass is 16.3. The lowest BCUT2D eigenvalue weighted by Crippen LogP contribution is -2.54. The molecule has 0 aromatic carbocycles. The average Bonchev–Trinajstić information content (AvgIpc) is 2.74. The number of likely N-dealkylation sites (N-methyl/N-ethyl adjacent to an activating group) is 1. The SMILES string of the molecule is CC(N)C(c1ccco1)N1CCN(C)CC1C. The van der Waals surface area contributed by atoms with Gasteiger partial charge in [0.25, 0.3) is 0 Å². The molecule has 2 heterocycles. The van der Waals surface area contributed by atoms with E-state index >= 15 is 0 Å². The zero-order valence-electron chi connectivity index (χ0n) is 11.0. The Hall–Kier alpha value is -0.840. The van der Waals surface area contributed by atoms with Gasteiger partial charge in [-0.15, -0.1) is 0 Å². The highest BCUT2D eigenvalue weighted by Gasteiger charge is 2.32. The van der Waals surface area contributed by atoms with Crippen molar-refractivity contribution in [1.29, 1.82) is 0 Å². The molecule has 2 rings (SSSR count). The first-order valence-electron chi connectivity index (χ1n) is 6.33. The van der Waals surface area contributed by atoms with Crippen molar-refractivity contribution in [3.63, 3.8) is 0 Å². The number of furan rings is 1. The number of hydrogen-bond donors (Lipinski definition) is 1. The van der Waals surface area contributed by atoms with Gasteiger partial charge in [0.15, 0.2) is 0 Å². The van der Waals surface area contributed by atoms with Crippen LogP contribution in [0.3, 0.4) is 0 Å². The van der Waals surface area contributed by atoms with Crippen molar-refractivity contribution in [1.82, 2.24) is 9.80 Å². The number of piperazine rings is 1. The molecule has 4 heteroatoms. The predicted molar refractivity (Wildman–Crippen MR) is 68.8 cm³/mol. The van der Waals surface area contributed by atoms with Gasteiger partial charge in [0, 0.05) is 31.7 Å². The normalized spacial score (nSPS) is 26.9. The Morgan fingerprint density at radius 1 is 1.47 bits per heavy atom. The second-order valence-electron chi connectivity index (χ2n) is 5.17. The van der Waals surface area contributed by atoms with E-state index in [0.29, 0.717) is 6.04 Å². The van der Waals surface area contributed by atoms with Crippen molar-refractivity contribution in [3.05, 3.63) is 24.2 Å². The van der Waals surface area contributed by atoms with Gasteiger partial charge >= 0.3 is 0 Å². The monoisotopic (exact) mass is 237 g/mol. The van der Waals surface area contributed by atoms with E-state index in [4.69, 9.17) is 10.2 Å². The van der Waals surface area contributed by atoms with Gasteiger partial charge in [0.2, 0.25) is 0 Å². The summed E-state index contributed by atoms with van der Waals surface area (Å²) in [5.74, 6) is 0.983. The van der Waals surface area contributed by atoms with E-state index in [0.717, 1.165) is 25.4 Å². The van der Waals surface area contributed by atoms with Gasteiger partial charge in [0.1, 0.15) is 5.76 Å². The van der Waals surface area contributed by atoms with E-state index < -0.39 is 0 Å². The molecule has 1 aliphatic rings. The van der Waals surface area contributed by atoms with Crippen LogP contribution in [-0.2, 0) is 0 Å². The zero-order valence-corrected chi connectivity index (χ0v) is 11.0. The summed E-state index contributed by atoms with van der Waals surface area (Å²) >= 11 is 0. The van der Waals surface area contributed by atoms with Crippen molar-refractivity contribution >= 4 is 0 Å². The summed E-state index contributed by atoms with van der Waals surface area (Å²) in [4.78, 5) is 4.82. The minimum Gasteiger partial charge on any atom is -0.468 e. The van der Waals surface area contributed by atoms with Crippen LogP contribution in [0.15, 0.2) is 22.8 Å². The lowest BCUT2D eigenvalue weighted by molar-refractivity contribution is 0.0432. The molecule has 2 N–H and O–H groups in total.